The standard InChI is InChI=1S/C11H12BrN3O/c1-16-11-3-2-7(12)4-8(11)9-6-14-15-10(9)5-13/h2-4,6H,5,13H2,1H3,(H,14,15). The molecule has 3 N–H and O–H groups in total. The van der Waals surface area contributed by atoms with E-state index in [1.165, 1.54) is 0 Å². The van der Waals surface area contributed by atoms with Crippen LogP contribution in [-0.2, 0) is 6.54 Å². The van der Waals surface area contributed by atoms with E-state index in [4.69, 9.17) is 10.5 Å². The summed E-state index contributed by atoms with van der Waals surface area (Å²) in [7, 11) is 1.65. The van der Waals surface area contributed by atoms with Crippen molar-refractivity contribution in [2.24, 2.45) is 5.73 Å². The van der Waals surface area contributed by atoms with Crippen LogP contribution in [0.1, 0.15) is 5.69 Å². The molecule has 1 aromatic heterocycles. The second-order valence-electron chi connectivity index (χ2n) is 3.31. The number of hydrogen-bond donors (Lipinski definition) is 2. The molecule has 4 nitrogen and oxygen atoms in total. The van der Waals surface area contributed by atoms with Gasteiger partial charge < -0.3 is 10.5 Å². The molecule has 1 heterocycles. The van der Waals surface area contributed by atoms with Crippen LogP contribution in [0.15, 0.2) is 28.9 Å². The molecule has 0 aliphatic carbocycles. The minimum Gasteiger partial charge on any atom is -0.496 e. The molecule has 2 aromatic rings. The zero-order valence-corrected chi connectivity index (χ0v) is 10.4. The lowest BCUT2D eigenvalue weighted by Gasteiger charge is -2.08. The van der Waals surface area contributed by atoms with Crippen LogP contribution in [0.3, 0.4) is 0 Å². The molecule has 0 saturated carbocycles. The van der Waals surface area contributed by atoms with Crippen molar-refractivity contribution in [1.29, 1.82) is 0 Å². The summed E-state index contributed by atoms with van der Waals surface area (Å²) in [6.07, 6.45) is 1.76. The molecule has 16 heavy (non-hydrogen) atoms. The molecule has 0 radical (unpaired) electrons. The number of nitrogens with zero attached hydrogens (tertiary/aromatic N) is 1. The number of aromatic amines is 1. The predicted molar refractivity (Wildman–Crippen MR) is 66.2 cm³/mol. The Kier molecular flexibility index (Phi) is 3.26. The zero-order valence-electron chi connectivity index (χ0n) is 8.83. The maximum Gasteiger partial charge on any atom is 0.126 e. The Hall–Kier alpha value is -1.33. The van der Waals surface area contributed by atoms with Gasteiger partial charge in [0.1, 0.15) is 5.75 Å². The van der Waals surface area contributed by atoms with Gasteiger partial charge in [0.2, 0.25) is 0 Å². The number of aromatic nitrogens is 2. The van der Waals surface area contributed by atoms with Gasteiger partial charge in [0.25, 0.3) is 0 Å². The van der Waals surface area contributed by atoms with Crippen LogP contribution in [0, 0.1) is 0 Å². The summed E-state index contributed by atoms with van der Waals surface area (Å²) in [6, 6.07) is 5.83. The van der Waals surface area contributed by atoms with E-state index >= 15 is 0 Å². The van der Waals surface area contributed by atoms with Gasteiger partial charge in [0.05, 0.1) is 19.0 Å². The first kappa shape index (κ1) is 11.2. The maximum atomic E-state index is 5.64. The lowest BCUT2D eigenvalue weighted by Crippen LogP contribution is -1.99. The topological polar surface area (TPSA) is 63.9 Å². The number of hydrogen-bond acceptors (Lipinski definition) is 3. The monoisotopic (exact) mass is 281 g/mol. The van der Waals surface area contributed by atoms with E-state index < -0.39 is 0 Å². The predicted octanol–water partition coefficient (Wildman–Crippen LogP) is 2.31. The summed E-state index contributed by atoms with van der Waals surface area (Å²) >= 11 is 3.44. The quantitative estimate of drug-likeness (QED) is 0.908. The van der Waals surface area contributed by atoms with E-state index in [1.54, 1.807) is 13.3 Å². The van der Waals surface area contributed by atoms with Crippen molar-refractivity contribution in [3.63, 3.8) is 0 Å². The largest absolute Gasteiger partial charge is 0.496 e. The minimum atomic E-state index is 0.422. The van der Waals surface area contributed by atoms with Crippen LogP contribution in [0.4, 0.5) is 0 Å². The van der Waals surface area contributed by atoms with Crippen LogP contribution in [0.5, 0.6) is 5.75 Å². The Bertz CT molecular complexity index is 496. The Morgan fingerprint density at radius 1 is 1.44 bits per heavy atom. The maximum absolute atomic E-state index is 5.64. The number of benzene rings is 1. The molecule has 0 bridgehead atoms. The third-order valence-electron chi connectivity index (χ3n) is 2.37. The molecule has 0 fully saturated rings. The molecule has 0 spiro atoms. The molecule has 0 atom stereocenters. The smallest absolute Gasteiger partial charge is 0.126 e. The van der Waals surface area contributed by atoms with Gasteiger partial charge in [-0.05, 0) is 18.2 Å². The fraction of sp³-hybridized carbons (Fsp3) is 0.182. The van der Waals surface area contributed by atoms with Crippen LogP contribution in [0.25, 0.3) is 11.1 Å². The van der Waals surface area contributed by atoms with E-state index in [2.05, 4.69) is 26.1 Å². The van der Waals surface area contributed by atoms with Crippen molar-refractivity contribution >= 4 is 15.9 Å². The van der Waals surface area contributed by atoms with E-state index in [0.29, 0.717) is 6.54 Å². The molecule has 0 amide bonds. The summed E-state index contributed by atoms with van der Waals surface area (Å²) in [4.78, 5) is 0. The summed E-state index contributed by atoms with van der Waals surface area (Å²) < 4.78 is 6.31. The zero-order chi connectivity index (χ0) is 11.5. The van der Waals surface area contributed by atoms with E-state index in [-0.39, 0.29) is 0 Å². The minimum absolute atomic E-state index is 0.422. The number of H-pyrrole nitrogens is 1. The molecule has 0 aliphatic rings. The van der Waals surface area contributed by atoms with Crippen LogP contribution >= 0.6 is 15.9 Å². The lowest BCUT2D eigenvalue weighted by atomic mass is 10.1. The third-order valence-corrected chi connectivity index (χ3v) is 2.87. The molecular weight excluding hydrogens is 270 g/mol. The molecule has 2 rings (SSSR count). The number of halogens is 1. The molecule has 0 unspecified atom stereocenters. The van der Waals surface area contributed by atoms with E-state index in [9.17, 15) is 0 Å². The van der Waals surface area contributed by atoms with Crippen molar-refractivity contribution in [3.05, 3.63) is 34.6 Å². The second kappa shape index (κ2) is 4.67. The van der Waals surface area contributed by atoms with E-state index in [1.807, 2.05) is 18.2 Å². The van der Waals surface area contributed by atoms with Crippen LogP contribution in [0.2, 0.25) is 0 Å². The number of nitrogens with one attached hydrogen (secondary N) is 1. The van der Waals surface area contributed by atoms with Gasteiger partial charge >= 0.3 is 0 Å². The van der Waals surface area contributed by atoms with Crippen molar-refractivity contribution in [1.82, 2.24) is 10.2 Å². The number of nitrogens with two attached hydrogens (primary N) is 1. The molecular formula is C11H12BrN3O. The number of methoxy groups -OCH3 is 1. The van der Waals surface area contributed by atoms with E-state index in [0.717, 1.165) is 27.0 Å². The Balaban J connectivity index is 2.58. The third kappa shape index (κ3) is 1.96. The van der Waals surface area contributed by atoms with Gasteiger partial charge in [-0.15, -0.1) is 0 Å². The van der Waals surface area contributed by atoms with Crippen molar-refractivity contribution in [3.8, 4) is 16.9 Å². The summed E-state index contributed by atoms with van der Waals surface area (Å²) in [5, 5.41) is 6.88. The first-order chi connectivity index (χ1) is 7.76. The van der Waals surface area contributed by atoms with Gasteiger partial charge in [0, 0.05) is 22.1 Å². The Morgan fingerprint density at radius 3 is 2.94 bits per heavy atom. The normalized spacial score (nSPS) is 10.4. The fourth-order valence-corrected chi connectivity index (χ4v) is 1.95. The number of rotatable bonds is 3. The molecule has 5 heteroatoms. The highest BCUT2D eigenvalue weighted by molar-refractivity contribution is 9.10. The second-order valence-corrected chi connectivity index (χ2v) is 4.23. The SMILES string of the molecule is COc1ccc(Br)cc1-c1cn[nH]c1CN. The Morgan fingerprint density at radius 2 is 2.25 bits per heavy atom. The lowest BCUT2D eigenvalue weighted by molar-refractivity contribution is 0.416. The molecule has 0 saturated heterocycles. The molecule has 1 aromatic carbocycles. The van der Waals surface area contributed by atoms with Crippen molar-refractivity contribution in [2.75, 3.05) is 7.11 Å². The summed E-state index contributed by atoms with van der Waals surface area (Å²) in [5.74, 6) is 0.805. The van der Waals surface area contributed by atoms with Crippen molar-refractivity contribution < 1.29 is 4.74 Å². The highest BCUT2D eigenvalue weighted by Crippen LogP contribution is 2.33. The number of ether oxygens (including phenoxy) is 1. The van der Waals surface area contributed by atoms with Gasteiger partial charge in [-0.1, -0.05) is 15.9 Å². The van der Waals surface area contributed by atoms with Crippen LogP contribution < -0.4 is 10.5 Å². The molecule has 84 valence electrons. The molecule has 0 aliphatic heterocycles. The average molecular weight is 282 g/mol. The Labute approximate surface area is 102 Å². The highest BCUT2D eigenvalue weighted by atomic mass is 79.9. The summed E-state index contributed by atoms with van der Waals surface area (Å²) in [5.41, 5.74) is 8.49. The highest BCUT2D eigenvalue weighted by Gasteiger charge is 2.11. The summed E-state index contributed by atoms with van der Waals surface area (Å²) in [6.45, 7) is 0.422. The first-order valence-corrected chi connectivity index (χ1v) is 5.61. The van der Waals surface area contributed by atoms with Gasteiger partial charge in [-0.3, -0.25) is 5.10 Å². The first-order valence-electron chi connectivity index (χ1n) is 4.82. The fourth-order valence-electron chi connectivity index (χ4n) is 1.59. The average Bonchev–Trinajstić information content (AvgIpc) is 2.76. The van der Waals surface area contributed by atoms with Gasteiger partial charge in [0.15, 0.2) is 0 Å². The van der Waals surface area contributed by atoms with Gasteiger partial charge in [-0.25, -0.2) is 0 Å². The van der Waals surface area contributed by atoms with Crippen LogP contribution in [-0.4, -0.2) is 17.3 Å². The van der Waals surface area contributed by atoms with Gasteiger partial charge in [-0.2, -0.15) is 5.10 Å². The van der Waals surface area contributed by atoms with Crippen molar-refractivity contribution in [2.45, 2.75) is 6.54 Å².